The summed E-state index contributed by atoms with van der Waals surface area (Å²) in [6, 6.07) is -0.885. The lowest BCUT2D eigenvalue weighted by atomic mass is 9.78. The maximum Gasteiger partial charge on any atom is 0.329 e. The topological polar surface area (TPSA) is 169 Å². The van der Waals surface area contributed by atoms with E-state index in [-0.39, 0.29) is 84.6 Å². The van der Waals surface area contributed by atoms with Crippen LogP contribution in [0.15, 0.2) is 47.6 Å². The Morgan fingerprint density at radius 2 is 1.60 bits per heavy atom. The monoisotopic (exact) mass is 870 g/mol. The lowest BCUT2D eigenvalue weighted by Gasteiger charge is -2.44. The second-order valence-corrected chi connectivity index (χ2v) is 19.4. The molecule has 1 amide bonds. The molecule has 12 heteroatoms. The molecule has 3 N–H and O–H groups in total. The van der Waals surface area contributed by atoms with E-state index in [4.69, 9.17) is 18.9 Å². The molecule has 350 valence electrons. The van der Waals surface area contributed by atoms with Crippen molar-refractivity contribution >= 4 is 23.4 Å². The Bertz CT molecular complexity index is 1620. The molecule has 2 saturated heterocycles. The van der Waals surface area contributed by atoms with Gasteiger partial charge in [-0.15, -0.1) is 0 Å². The number of esters is 1. The number of amides is 1. The third-order valence-corrected chi connectivity index (χ3v) is 14.2. The Labute approximate surface area is 371 Å². The summed E-state index contributed by atoms with van der Waals surface area (Å²) in [6.45, 7) is 13.6. The van der Waals surface area contributed by atoms with Crippen molar-refractivity contribution in [3.05, 3.63) is 47.6 Å². The van der Waals surface area contributed by atoms with Crippen molar-refractivity contribution in [2.24, 2.45) is 35.5 Å². The molecule has 0 aromatic heterocycles. The Hall–Kier alpha value is -3.00. The van der Waals surface area contributed by atoms with E-state index in [9.17, 15) is 34.5 Å². The first-order valence-corrected chi connectivity index (χ1v) is 23.4. The van der Waals surface area contributed by atoms with E-state index >= 15 is 0 Å². The van der Waals surface area contributed by atoms with Gasteiger partial charge in [0.05, 0.1) is 36.9 Å². The molecule has 2 bridgehead atoms. The fraction of sp³-hybridized carbons (Fsp3) is 0.760. The minimum atomic E-state index is -1.74. The van der Waals surface area contributed by atoms with Gasteiger partial charge in [-0.25, -0.2) is 4.79 Å². The van der Waals surface area contributed by atoms with Crippen LogP contribution in [0.2, 0.25) is 0 Å². The van der Waals surface area contributed by atoms with Gasteiger partial charge in [0.1, 0.15) is 23.7 Å². The summed E-state index contributed by atoms with van der Waals surface area (Å²) in [4.78, 5) is 57.3. The zero-order chi connectivity index (χ0) is 45.7. The van der Waals surface area contributed by atoms with E-state index in [0.29, 0.717) is 76.3 Å². The maximum atomic E-state index is 14.3. The van der Waals surface area contributed by atoms with Gasteiger partial charge in [-0.3, -0.25) is 14.4 Å². The first-order valence-electron chi connectivity index (χ1n) is 23.4. The minimum Gasteiger partial charge on any atom is -0.460 e. The first kappa shape index (κ1) is 51.6. The molecule has 62 heavy (non-hydrogen) atoms. The molecule has 14 atom stereocenters. The van der Waals surface area contributed by atoms with Gasteiger partial charge < -0.3 is 39.2 Å². The molecule has 3 heterocycles. The number of piperidine rings is 1. The van der Waals surface area contributed by atoms with E-state index in [1.807, 2.05) is 52.0 Å². The third-order valence-electron chi connectivity index (χ3n) is 14.2. The van der Waals surface area contributed by atoms with Crippen LogP contribution in [0.4, 0.5) is 0 Å². The van der Waals surface area contributed by atoms with Gasteiger partial charge in [-0.1, -0.05) is 71.1 Å². The molecule has 0 unspecified atom stereocenters. The number of Topliss-reactive ketones (excluding diaryl/α,β-unsaturated/α-hetero) is 2. The zero-order valence-corrected chi connectivity index (χ0v) is 39.1. The number of cyclic esters (lactones) is 1. The van der Waals surface area contributed by atoms with Crippen molar-refractivity contribution in [2.75, 3.05) is 20.8 Å². The van der Waals surface area contributed by atoms with Crippen molar-refractivity contribution < 1.29 is 53.4 Å². The number of hydrogen-bond acceptors (Lipinski definition) is 11. The van der Waals surface area contributed by atoms with Crippen molar-refractivity contribution in [2.45, 2.75) is 187 Å². The number of aliphatic hydroxyl groups is 3. The predicted octanol–water partition coefficient (Wildman–Crippen LogP) is 7.38. The number of carbonyl (C=O) groups excluding carboxylic acids is 4. The molecule has 3 fully saturated rings. The summed E-state index contributed by atoms with van der Waals surface area (Å²) in [5, 5.41) is 33.5. The number of nitrogens with zero attached hydrogens (tertiary/aromatic N) is 1. The number of fused-ring (bicyclic) bond motifs is 3. The van der Waals surface area contributed by atoms with E-state index < -0.39 is 42.0 Å². The summed E-state index contributed by atoms with van der Waals surface area (Å²) in [7, 11) is 3.24. The van der Waals surface area contributed by atoms with E-state index in [0.717, 1.165) is 12.0 Å². The zero-order valence-electron chi connectivity index (χ0n) is 39.1. The van der Waals surface area contributed by atoms with Gasteiger partial charge >= 0.3 is 5.97 Å². The predicted molar refractivity (Wildman–Crippen MR) is 239 cm³/mol. The second-order valence-electron chi connectivity index (χ2n) is 19.4. The standard InChI is InChI=1S/C50H79NO11/c1-31-15-11-10-12-16-32(2)45(59-8)27-39-20-18-37(7)50(58,62-39)30-48(56)51-22-14-13-17-40(51)49(57)61-46(36(6)25-38-19-21-41(52)47(26-38)60-9)29-44(55)35(5)24-34(4)43(54)28-42(53)33(3)23-31/h10-12,15-16,24,31,33,35-41,43,45-47,52,54,58H,13-14,17-23,25-30H2,1-9H3/b12-10+,15-11+,32-16+,34-24+/t31-,33-,35-,36-,37-,38+,39+,40+,41-,43+,45+,46+,47-,50+/m1/s1. The first-order chi connectivity index (χ1) is 29.3. The quantitative estimate of drug-likeness (QED) is 0.186. The highest BCUT2D eigenvalue weighted by Crippen LogP contribution is 2.39. The van der Waals surface area contributed by atoms with Crippen molar-refractivity contribution in [1.82, 2.24) is 4.90 Å². The molecular formula is C50H79NO11. The average molecular weight is 870 g/mol. The highest BCUT2D eigenvalue weighted by molar-refractivity contribution is 5.86. The van der Waals surface area contributed by atoms with Crippen LogP contribution >= 0.6 is 0 Å². The van der Waals surface area contributed by atoms with Crippen LogP contribution in [0.3, 0.4) is 0 Å². The molecule has 1 aliphatic carbocycles. The van der Waals surface area contributed by atoms with Gasteiger partial charge in [-0.05, 0) is 107 Å². The molecule has 0 aromatic carbocycles. The molecule has 0 aromatic rings. The Morgan fingerprint density at radius 1 is 0.855 bits per heavy atom. The highest BCUT2D eigenvalue weighted by Gasteiger charge is 2.46. The van der Waals surface area contributed by atoms with E-state index in [2.05, 4.69) is 13.0 Å². The number of allylic oxidation sites excluding steroid dienone is 6. The van der Waals surface area contributed by atoms with Crippen LogP contribution < -0.4 is 0 Å². The minimum absolute atomic E-state index is 0.0510. The van der Waals surface area contributed by atoms with Crippen LogP contribution in [0.1, 0.15) is 138 Å². The fourth-order valence-corrected chi connectivity index (χ4v) is 9.87. The second kappa shape index (κ2) is 24.3. The van der Waals surface area contributed by atoms with Crippen LogP contribution in [0, 0.1) is 35.5 Å². The molecule has 1 saturated carbocycles. The summed E-state index contributed by atoms with van der Waals surface area (Å²) < 4.78 is 24.2. The lowest BCUT2D eigenvalue weighted by molar-refractivity contribution is -0.284. The summed E-state index contributed by atoms with van der Waals surface area (Å²) >= 11 is 0. The number of rotatable bonds is 5. The molecule has 4 rings (SSSR count). The number of aliphatic hydroxyl groups excluding tert-OH is 2. The SMILES string of the molecule is CO[C@H]1C[C@@H]2CC[C@@H](C)[C@](O)(CC(=O)N3CCCC[C@H]3C(=O)O[C@H]([C@H](C)C[C@@H]3CC[C@@H](O)[C@H](OC)C3)CC(=O)[C@H](C)/C=C(\C)[C@@H](O)CC(=O)[C@H](C)C[C@H](C)/C=C/C=C/C=C/1C)O2. The van der Waals surface area contributed by atoms with Gasteiger partial charge in [-0.2, -0.15) is 0 Å². The lowest BCUT2D eigenvalue weighted by Crippen LogP contribution is -2.55. The number of hydrogen-bond donors (Lipinski definition) is 3. The molecule has 4 aliphatic rings. The Morgan fingerprint density at radius 3 is 2.31 bits per heavy atom. The average Bonchev–Trinajstić information content (AvgIpc) is 3.23. The summed E-state index contributed by atoms with van der Waals surface area (Å²) in [5.74, 6) is -4.09. The number of methoxy groups -OCH3 is 2. The van der Waals surface area contributed by atoms with Crippen molar-refractivity contribution in [3.63, 3.8) is 0 Å². The third kappa shape index (κ3) is 14.8. The van der Waals surface area contributed by atoms with Crippen molar-refractivity contribution in [1.29, 1.82) is 0 Å². The number of carbonyl (C=O) groups is 4. The summed E-state index contributed by atoms with van der Waals surface area (Å²) in [6.07, 6.45) is 14.7. The van der Waals surface area contributed by atoms with E-state index in [1.165, 1.54) is 4.90 Å². The van der Waals surface area contributed by atoms with E-state index in [1.54, 1.807) is 34.1 Å². The smallest absolute Gasteiger partial charge is 0.329 e. The highest BCUT2D eigenvalue weighted by atomic mass is 16.6. The molecule has 0 spiro atoms. The van der Waals surface area contributed by atoms with Crippen LogP contribution in [0.5, 0.6) is 0 Å². The normalized spacial score (nSPS) is 40.5. The Kier molecular flexibility index (Phi) is 20.3. The molecular weight excluding hydrogens is 791 g/mol. The maximum absolute atomic E-state index is 14.3. The van der Waals surface area contributed by atoms with Gasteiger partial charge in [0, 0.05) is 57.8 Å². The Balaban J connectivity index is 1.64. The summed E-state index contributed by atoms with van der Waals surface area (Å²) in [5.41, 5.74) is 1.51. The number of ketones is 2. The number of ether oxygens (including phenoxy) is 4. The van der Waals surface area contributed by atoms with Crippen molar-refractivity contribution in [3.8, 4) is 0 Å². The van der Waals surface area contributed by atoms with Gasteiger partial charge in [0.15, 0.2) is 5.79 Å². The largest absolute Gasteiger partial charge is 0.460 e. The van der Waals surface area contributed by atoms with Gasteiger partial charge in [0.2, 0.25) is 5.91 Å². The van der Waals surface area contributed by atoms with Crippen LogP contribution in [-0.2, 0) is 38.1 Å². The molecule has 12 nitrogen and oxygen atoms in total. The van der Waals surface area contributed by atoms with Gasteiger partial charge in [0.25, 0.3) is 0 Å². The molecule has 0 radical (unpaired) electrons. The van der Waals surface area contributed by atoms with Crippen LogP contribution in [0.25, 0.3) is 0 Å². The fourth-order valence-electron chi connectivity index (χ4n) is 9.87. The molecule has 3 aliphatic heterocycles. The van der Waals surface area contributed by atoms with Crippen LogP contribution in [-0.4, -0.2) is 113 Å².